The first-order valence-electron chi connectivity index (χ1n) is 9.59. The number of nitrogens with zero attached hydrogens (tertiary/aromatic N) is 1. The summed E-state index contributed by atoms with van der Waals surface area (Å²) in [5.41, 5.74) is 0.898. The van der Waals surface area contributed by atoms with Crippen molar-refractivity contribution in [2.45, 2.75) is 44.6 Å². The van der Waals surface area contributed by atoms with Gasteiger partial charge < -0.3 is 14.6 Å². The van der Waals surface area contributed by atoms with E-state index in [4.69, 9.17) is 4.74 Å². The van der Waals surface area contributed by atoms with Gasteiger partial charge in [0.1, 0.15) is 10.7 Å². The molecule has 0 unspecified atom stereocenters. The Kier molecular flexibility index (Phi) is 6.00. The molecule has 1 aromatic heterocycles. The molecule has 0 fully saturated rings. The normalized spacial score (nSPS) is 20.9. The number of aryl methyl sites for hydroxylation is 2. The maximum Gasteiger partial charge on any atom is 0.276 e. The highest BCUT2D eigenvalue weighted by Gasteiger charge is 2.35. The number of benzene rings is 1. The molecule has 1 aromatic carbocycles. The van der Waals surface area contributed by atoms with Gasteiger partial charge in [0.2, 0.25) is 10.0 Å². The highest BCUT2D eigenvalue weighted by molar-refractivity contribution is 7.89. The van der Waals surface area contributed by atoms with E-state index in [1.807, 2.05) is 13.8 Å². The number of anilines is 1. The second-order valence-corrected chi connectivity index (χ2v) is 9.00. The standard InChI is InChI=1S/C20H26FN3O4S/c1-5-13-11-28-19-17(29(26,27)23-16(13)6-2)10-24(4)18(19)20(25)22-14-7-8-15(21)12(3)9-14/h7-10,13,16,23H,5-6,11H2,1-4H3,(H,22,25)/t13-,16-/m0/s1. The van der Waals surface area contributed by atoms with Crippen LogP contribution < -0.4 is 14.8 Å². The summed E-state index contributed by atoms with van der Waals surface area (Å²) in [4.78, 5) is 12.9. The van der Waals surface area contributed by atoms with Crippen molar-refractivity contribution in [3.8, 4) is 5.75 Å². The molecule has 2 aromatic rings. The van der Waals surface area contributed by atoms with E-state index in [9.17, 15) is 17.6 Å². The van der Waals surface area contributed by atoms with Crippen LogP contribution >= 0.6 is 0 Å². The minimum Gasteiger partial charge on any atom is -0.489 e. The van der Waals surface area contributed by atoms with Crippen LogP contribution in [0.5, 0.6) is 5.75 Å². The number of aromatic nitrogens is 1. The molecule has 0 bridgehead atoms. The first-order chi connectivity index (χ1) is 13.7. The van der Waals surface area contributed by atoms with Gasteiger partial charge in [-0.05, 0) is 43.5 Å². The van der Waals surface area contributed by atoms with Crippen LogP contribution in [0.1, 0.15) is 42.7 Å². The zero-order valence-electron chi connectivity index (χ0n) is 17.0. The van der Waals surface area contributed by atoms with E-state index in [1.165, 1.54) is 29.0 Å². The largest absolute Gasteiger partial charge is 0.489 e. The quantitative estimate of drug-likeness (QED) is 0.790. The summed E-state index contributed by atoms with van der Waals surface area (Å²) in [5, 5.41) is 2.69. The summed E-state index contributed by atoms with van der Waals surface area (Å²) >= 11 is 0. The topological polar surface area (TPSA) is 89.4 Å². The van der Waals surface area contributed by atoms with Crippen LogP contribution in [0.3, 0.4) is 0 Å². The maximum atomic E-state index is 13.5. The van der Waals surface area contributed by atoms with E-state index < -0.39 is 15.9 Å². The van der Waals surface area contributed by atoms with Gasteiger partial charge in [-0.15, -0.1) is 0 Å². The van der Waals surface area contributed by atoms with Gasteiger partial charge in [-0.25, -0.2) is 17.5 Å². The van der Waals surface area contributed by atoms with Gasteiger partial charge >= 0.3 is 0 Å². The van der Waals surface area contributed by atoms with E-state index in [-0.39, 0.29) is 34.1 Å². The number of hydrogen-bond acceptors (Lipinski definition) is 4. The third-order valence-electron chi connectivity index (χ3n) is 5.30. The second-order valence-electron chi connectivity index (χ2n) is 7.32. The van der Waals surface area contributed by atoms with Crippen LogP contribution in [-0.2, 0) is 17.1 Å². The molecular weight excluding hydrogens is 397 g/mol. The average molecular weight is 424 g/mol. The molecule has 9 heteroatoms. The summed E-state index contributed by atoms with van der Waals surface area (Å²) in [7, 11) is -2.27. The fraction of sp³-hybridized carbons (Fsp3) is 0.450. The van der Waals surface area contributed by atoms with Crippen molar-refractivity contribution in [3.05, 3.63) is 41.5 Å². The summed E-state index contributed by atoms with van der Waals surface area (Å²) < 4.78 is 49.4. The fourth-order valence-electron chi connectivity index (χ4n) is 3.57. The van der Waals surface area contributed by atoms with Crippen molar-refractivity contribution in [1.82, 2.24) is 9.29 Å². The Morgan fingerprint density at radius 2 is 2.07 bits per heavy atom. The van der Waals surface area contributed by atoms with Gasteiger partial charge in [0.15, 0.2) is 11.4 Å². The van der Waals surface area contributed by atoms with Gasteiger partial charge in [0, 0.05) is 30.9 Å². The lowest BCUT2D eigenvalue weighted by molar-refractivity contribution is 0.101. The van der Waals surface area contributed by atoms with Crippen molar-refractivity contribution in [1.29, 1.82) is 0 Å². The maximum absolute atomic E-state index is 13.5. The number of carbonyl (C=O) groups excluding carboxylic acids is 1. The lowest BCUT2D eigenvalue weighted by Crippen LogP contribution is -2.43. The minimum atomic E-state index is -3.85. The number of fused-ring (bicyclic) bond motifs is 1. The number of carbonyl (C=O) groups is 1. The number of ether oxygens (including phenoxy) is 1. The fourth-order valence-corrected chi connectivity index (χ4v) is 5.15. The van der Waals surface area contributed by atoms with E-state index >= 15 is 0 Å². The Hall–Kier alpha value is -2.39. The van der Waals surface area contributed by atoms with Gasteiger partial charge in [-0.3, -0.25) is 4.79 Å². The molecule has 7 nitrogen and oxygen atoms in total. The zero-order valence-corrected chi connectivity index (χ0v) is 17.8. The van der Waals surface area contributed by atoms with E-state index in [2.05, 4.69) is 10.0 Å². The van der Waals surface area contributed by atoms with Crippen molar-refractivity contribution in [3.63, 3.8) is 0 Å². The molecule has 0 spiro atoms. The molecule has 2 heterocycles. The number of halogens is 1. The molecule has 3 rings (SSSR count). The molecular formula is C20H26FN3O4S. The average Bonchev–Trinajstić information content (AvgIpc) is 3.00. The van der Waals surface area contributed by atoms with Crippen molar-refractivity contribution < 1.29 is 22.3 Å². The summed E-state index contributed by atoms with van der Waals surface area (Å²) in [5.74, 6) is -0.887. The van der Waals surface area contributed by atoms with Crippen molar-refractivity contribution in [2.75, 3.05) is 11.9 Å². The number of amides is 1. The monoisotopic (exact) mass is 423 g/mol. The van der Waals surface area contributed by atoms with Crippen LogP contribution in [0.2, 0.25) is 0 Å². The molecule has 29 heavy (non-hydrogen) atoms. The Morgan fingerprint density at radius 1 is 1.34 bits per heavy atom. The summed E-state index contributed by atoms with van der Waals surface area (Å²) in [6.07, 6.45) is 2.75. The zero-order chi connectivity index (χ0) is 21.3. The van der Waals surface area contributed by atoms with Crippen LogP contribution in [0.25, 0.3) is 0 Å². The molecule has 0 saturated heterocycles. The number of rotatable bonds is 4. The van der Waals surface area contributed by atoms with Gasteiger partial charge in [-0.2, -0.15) is 0 Å². The Bertz CT molecular complexity index is 1030. The van der Waals surface area contributed by atoms with E-state index in [1.54, 1.807) is 14.0 Å². The minimum absolute atomic E-state index is 0.0150. The first-order valence-corrected chi connectivity index (χ1v) is 11.1. The lowest BCUT2D eigenvalue weighted by atomic mass is 9.96. The van der Waals surface area contributed by atoms with Gasteiger partial charge in [-0.1, -0.05) is 13.8 Å². The number of nitrogens with one attached hydrogen (secondary N) is 2. The third kappa shape index (κ3) is 4.16. The van der Waals surface area contributed by atoms with Crippen molar-refractivity contribution in [2.24, 2.45) is 13.0 Å². The SMILES string of the molecule is CC[C@H]1COc2c(cn(C)c2C(=O)Nc2ccc(F)c(C)c2)S(=O)(=O)N[C@H]1CC. The molecule has 0 aliphatic carbocycles. The summed E-state index contributed by atoms with van der Waals surface area (Å²) in [6.45, 7) is 5.79. The molecule has 2 N–H and O–H groups in total. The van der Waals surface area contributed by atoms with Crippen molar-refractivity contribution >= 4 is 21.6 Å². The van der Waals surface area contributed by atoms with Crippen LogP contribution in [0, 0.1) is 18.7 Å². The first kappa shape index (κ1) is 21.3. The van der Waals surface area contributed by atoms with Gasteiger partial charge in [0.25, 0.3) is 5.91 Å². The van der Waals surface area contributed by atoms with Crippen LogP contribution in [-0.4, -0.2) is 31.5 Å². The Morgan fingerprint density at radius 3 is 2.69 bits per heavy atom. The van der Waals surface area contributed by atoms with E-state index in [0.29, 0.717) is 24.3 Å². The number of sulfonamides is 1. The molecule has 158 valence electrons. The van der Waals surface area contributed by atoms with Crippen LogP contribution in [0.15, 0.2) is 29.3 Å². The summed E-state index contributed by atoms with van der Waals surface area (Å²) in [6, 6.07) is 3.99. The molecule has 1 aliphatic rings. The predicted octanol–water partition coefficient (Wildman–Crippen LogP) is 3.20. The highest BCUT2D eigenvalue weighted by Crippen LogP contribution is 2.34. The predicted molar refractivity (Wildman–Crippen MR) is 108 cm³/mol. The van der Waals surface area contributed by atoms with Crippen LogP contribution in [0.4, 0.5) is 10.1 Å². The Labute approximate surface area is 170 Å². The molecule has 0 saturated carbocycles. The third-order valence-corrected chi connectivity index (χ3v) is 6.79. The smallest absolute Gasteiger partial charge is 0.276 e. The molecule has 2 atom stereocenters. The molecule has 1 amide bonds. The molecule has 0 radical (unpaired) electrons. The number of hydrogen-bond donors (Lipinski definition) is 2. The van der Waals surface area contributed by atoms with E-state index in [0.717, 1.165) is 6.42 Å². The molecule has 1 aliphatic heterocycles. The highest BCUT2D eigenvalue weighted by atomic mass is 32.2. The second kappa shape index (κ2) is 8.16. The Balaban J connectivity index is 2.00. The van der Waals surface area contributed by atoms with Gasteiger partial charge in [0.05, 0.1) is 6.61 Å². The lowest BCUT2D eigenvalue weighted by Gasteiger charge is -2.28.